The Kier molecular flexibility index (Phi) is 6.11. The van der Waals surface area contributed by atoms with Crippen molar-refractivity contribution in [3.63, 3.8) is 0 Å². The maximum Gasteiger partial charge on any atom is 0.261 e. The maximum atomic E-state index is 12.7. The van der Waals surface area contributed by atoms with E-state index in [4.69, 9.17) is 25.8 Å². The summed E-state index contributed by atoms with van der Waals surface area (Å²) >= 11 is 6.05. The van der Waals surface area contributed by atoms with Gasteiger partial charge in [-0.1, -0.05) is 24.6 Å². The van der Waals surface area contributed by atoms with Crippen molar-refractivity contribution in [1.29, 1.82) is 0 Å². The SMILES string of the molecule is CC[C@@H](Oc1ccc(Cl)c(C)c1)C(=O)N[C@H](C)c1ccc2c(c1)OCCO2. The summed E-state index contributed by atoms with van der Waals surface area (Å²) in [7, 11) is 0. The van der Waals surface area contributed by atoms with Crippen LogP contribution >= 0.6 is 11.6 Å². The van der Waals surface area contributed by atoms with Gasteiger partial charge in [0.25, 0.3) is 5.91 Å². The topological polar surface area (TPSA) is 56.8 Å². The second kappa shape index (κ2) is 8.53. The van der Waals surface area contributed by atoms with E-state index < -0.39 is 6.10 Å². The Morgan fingerprint density at radius 1 is 1.19 bits per heavy atom. The smallest absolute Gasteiger partial charge is 0.261 e. The van der Waals surface area contributed by atoms with Crippen LogP contribution in [0.15, 0.2) is 36.4 Å². The van der Waals surface area contributed by atoms with Gasteiger partial charge in [-0.2, -0.15) is 0 Å². The van der Waals surface area contributed by atoms with Gasteiger partial charge in [0.2, 0.25) is 0 Å². The van der Waals surface area contributed by atoms with Gasteiger partial charge in [0.15, 0.2) is 17.6 Å². The van der Waals surface area contributed by atoms with Gasteiger partial charge in [0.1, 0.15) is 19.0 Å². The highest BCUT2D eigenvalue weighted by Gasteiger charge is 2.22. The summed E-state index contributed by atoms with van der Waals surface area (Å²) in [4.78, 5) is 12.7. The summed E-state index contributed by atoms with van der Waals surface area (Å²) < 4.78 is 17.0. The number of hydrogen-bond acceptors (Lipinski definition) is 4. The minimum Gasteiger partial charge on any atom is -0.486 e. The Bertz CT molecular complexity index is 824. The molecule has 0 radical (unpaired) electrons. The fourth-order valence-electron chi connectivity index (χ4n) is 2.90. The second-order valence-corrected chi connectivity index (χ2v) is 6.97. The fraction of sp³-hybridized carbons (Fsp3) is 0.381. The van der Waals surface area contributed by atoms with Crippen molar-refractivity contribution in [1.82, 2.24) is 5.32 Å². The number of halogens is 1. The molecule has 0 aromatic heterocycles. The Morgan fingerprint density at radius 3 is 2.63 bits per heavy atom. The first-order valence-electron chi connectivity index (χ1n) is 9.10. The van der Waals surface area contributed by atoms with E-state index in [0.29, 0.717) is 36.2 Å². The lowest BCUT2D eigenvalue weighted by atomic mass is 10.1. The number of carbonyl (C=O) groups excluding carboxylic acids is 1. The molecule has 1 N–H and O–H groups in total. The van der Waals surface area contributed by atoms with Gasteiger partial charge in [0.05, 0.1) is 6.04 Å². The highest BCUT2D eigenvalue weighted by Crippen LogP contribution is 2.32. The van der Waals surface area contributed by atoms with E-state index in [2.05, 4.69) is 5.32 Å². The molecule has 0 saturated carbocycles. The lowest BCUT2D eigenvalue weighted by Crippen LogP contribution is -2.39. The zero-order valence-electron chi connectivity index (χ0n) is 15.8. The first-order chi connectivity index (χ1) is 13.0. The van der Waals surface area contributed by atoms with E-state index in [1.807, 2.05) is 45.0 Å². The summed E-state index contributed by atoms with van der Waals surface area (Å²) in [6.45, 7) is 6.84. The molecule has 2 atom stereocenters. The van der Waals surface area contributed by atoms with Crippen molar-refractivity contribution >= 4 is 17.5 Å². The lowest BCUT2D eigenvalue weighted by Gasteiger charge is -2.23. The monoisotopic (exact) mass is 389 g/mol. The van der Waals surface area contributed by atoms with E-state index in [-0.39, 0.29) is 11.9 Å². The third kappa shape index (κ3) is 4.66. The molecule has 1 aliphatic heterocycles. The van der Waals surface area contributed by atoms with Crippen LogP contribution in [0.3, 0.4) is 0 Å². The molecule has 1 heterocycles. The molecule has 2 aromatic carbocycles. The van der Waals surface area contributed by atoms with Gasteiger partial charge in [-0.3, -0.25) is 4.79 Å². The highest BCUT2D eigenvalue weighted by atomic mass is 35.5. The van der Waals surface area contributed by atoms with E-state index >= 15 is 0 Å². The first-order valence-corrected chi connectivity index (χ1v) is 9.48. The Labute approximate surface area is 164 Å². The Balaban J connectivity index is 1.66. The molecule has 0 spiro atoms. The predicted molar refractivity (Wildman–Crippen MR) is 105 cm³/mol. The van der Waals surface area contributed by atoms with Crippen LogP contribution in [0.1, 0.15) is 37.4 Å². The molecule has 1 amide bonds. The number of aryl methyl sites for hydroxylation is 1. The van der Waals surface area contributed by atoms with Crippen LogP contribution in [-0.4, -0.2) is 25.2 Å². The van der Waals surface area contributed by atoms with Gasteiger partial charge in [-0.25, -0.2) is 0 Å². The van der Waals surface area contributed by atoms with Gasteiger partial charge >= 0.3 is 0 Å². The van der Waals surface area contributed by atoms with E-state index in [0.717, 1.165) is 16.9 Å². The molecule has 6 heteroatoms. The normalized spacial score (nSPS) is 15.0. The minimum atomic E-state index is -0.578. The van der Waals surface area contributed by atoms with Crippen LogP contribution in [0.4, 0.5) is 0 Å². The van der Waals surface area contributed by atoms with E-state index in [1.54, 1.807) is 12.1 Å². The van der Waals surface area contributed by atoms with E-state index in [9.17, 15) is 4.79 Å². The molecule has 3 rings (SSSR count). The zero-order valence-corrected chi connectivity index (χ0v) is 16.5. The molecule has 2 aromatic rings. The standard InChI is InChI=1S/C21H24ClNO4/c1-4-18(27-16-6-7-17(22)13(2)11-16)21(24)23-14(3)15-5-8-19-20(12-15)26-10-9-25-19/h5-8,11-12,14,18H,4,9-10H2,1-3H3,(H,23,24)/t14-,18-/m1/s1. The van der Waals surface area contributed by atoms with Crippen LogP contribution in [0.5, 0.6) is 17.2 Å². The quantitative estimate of drug-likeness (QED) is 0.792. The summed E-state index contributed by atoms with van der Waals surface area (Å²) in [5.74, 6) is 1.91. The Morgan fingerprint density at radius 2 is 1.93 bits per heavy atom. The molecule has 144 valence electrons. The highest BCUT2D eigenvalue weighted by molar-refractivity contribution is 6.31. The van der Waals surface area contributed by atoms with Crippen LogP contribution < -0.4 is 19.5 Å². The molecule has 0 unspecified atom stereocenters. The molecule has 0 bridgehead atoms. The number of carbonyl (C=O) groups is 1. The van der Waals surface area contributed by atoms with Crippen molar-refractivity contribution in [3.8, 4) is 17.2 Å². The molecule has 1 aliphatic rings. The van der Waals surface area contributed by atoms with Crippen molar-refractivity contribution in [2.75, 3.05) is 13.2 Å². The fourth-order valence-corrected chi connectivity index (χ4v) is 3.01. The van der Waals surface area contributed by atoms with Crippen molar-refractivity contribution in [2.24, 2.45) is 0 Å². The number of rotatable bonds is 6. The molecule has 5 nitrogen and oxygen atoms in total. The van der Waals surface area contributed by atoms with Gasteiger partial charge in [0, 0.05) is 5.02 Å². The first kappa shape index (κ1) is 19.4. The number of amides is 1. The predicted octanol–water partition coefficient (Wildman–Crippen LogP) is 4.45. The summed E-state index contributed by atoms with van der Waals surface area (Å²) in [5.41, 5.74) is 1.86. The van der Waals surface area contributed by atoms with Crippen LogP contribution in [-0.2, 0) is 4.79 Å². The van der Waals surface area contributed by atoms with Crippen molar-refractivity contribution in [2.45, 2.75) is 39.3 Å². The summed E-state index contributed by atoms with van der Waals surface area (Å²) in [5, 5.41) is 3.69. The van der Waals surface area contributed by atoms with Crippen molar-refractivity contribution < 1.29 is 19.0 Å². The number of ether oxygens (including phenoxy) is 3. The van der Waals surface area contributed by atoms with Gasteiger partial charge in [-0.05, 0) is 61.7 Å². The van der Waals surface area contributed by atoms with Gasteiger partial charge in [-0.15, -0.1) is 0 Å². The number of fused-ring (bicyclic) bond motifs is 1. The van der Waals surface area contributed by atoms with Crippen LogP contribution in [0.25, 0.3) is 0 Å². The lowest BCUT2D eigenvalue weighted by molar-refractivity contribution is -0.128. The summed E-state index contributed by atoms with van der Waals surface area (Å²) in [6.07, 6.45) is -0.0216. The zero-order chi connectivity index (χ0) is 19.4. The molecular formula is C21H24ClNO4. The second-order valence-electron chi connectivity index (χ2n) is 6.56. The largest absolute Gasteiger partial charge is 0.486 e. The molecule has 0 saturated heterocycles. The van der Waals surface area contributed by atoms with Gasteiger partial charge < -0.3 is 19.5 Å². The average molecular weight is 390 g/mol. The minimum absolute atomic E-state index is 0.160. The molecular weight excluding hydrogens is 366 g/mol. The van der Waals surface area contributed by atoms with Crippen LogP contribution in [0.2, 0.25) is 5.02 Å². The molecule has 0 aliphatic carbocycles. The molecule has 27 heavy (non-hydrogen) atoms. The van der Waals surface area contributed by atoms with Crippen molar-refractivity contribution in [3.05, 3.63) is 52.5 Å². The maximum absolute atomic E-state index is 12.7. The van der Waals surface area contributed by atoms with E-state index in [1.165, 1.54) is 0 Å². The summed E-state index contributed by atoms with van der Waals surface area (Å²) in [6, 6.07) is 10.9. The molecule has 0 fully saturated rings. The third-order valence-corrected chi connectivity index (χ3v) is 4.92. The number of hydrogen-bond donors (Lipinski definition) is 1. The number of benzene rings is 2. The average Bonchev–Trinajstić information content (AvgIpc) is 2.68. The number of nitrogens with one attached hydrogen (secondary N) is 1. The Hall–Kier alpha value is -2.40. The third-order valence-electron chi connectivity index (χ3n) is 4.50. The van der Waals surface area contributed by atoms with Crippen LogP contribution in [0, 0.1) is 6.92 Å².